The van der Waals surface area contributed by atoms with Crippen LogP contribution in [0.1, 0.15) is 0 Å². The summed E-state index contributed by atoms with van der Waals surface area (Å²) in [7, 11) is 0. The summed E-state index contributed by atoms with van der Waals surface area (Å²) in [4.78, 5) is 9.97. The normalized spacial score (nSPS) is 11.2. The minimum atomic E-state index is -0.529. The fraction of sp³-hybridized carbons (Fsp3) is 0.167. The first kappa shape index (κ1) is 7.88. The summed E-state index contributed by atoms with van der Waals surface area (Å²) in [6.07, 6.45) is 5.25. The fourth-order valence-electron chi connectivity index (χ4n) is 0.280. The molecule has 0 aromatic rings. The van der Waals surface area contributed by atoms with Crippen molar-refractivity contribution in [3.63, 3.8) is 0 Å². The smallest absolute Gasteiger partial charge is 0.241 e. The lowest BCUT2D eigenvalue weighted by molar-refractivity contribution is -0.113. The van der Waals surface area contributed by atoms with E-state index >= 15 is 0 Å². The lowest BCUT2D eigenvalue weighted by Crippen LogP contribution is -2.04. The molecule has 0 aliphatic carbocycles. The van der Waals surface area contributed by atoms with Crippen molar-refractivity contribution in [1.82, 2.24) is 0 Å². The molecule has 0 spiro atoms. The van der Waals surface area contributed by atoms with Gasteiger partial charge in [-0.1, -0.05) is 18.2 Å². The Morgan fingerprint density at radius 1 is 1.56 bits per heavy atom. The molecule has 2 N–H and O–H groups in total. The van der Waals surface area contributed by atoms with Gasteiger partial charge in [-0.15, -0.1) is 0 Å². The molecule has 0 aromatic carbocycles. The first-order chi connectivity index (χ1) is 4.27. The highest BCUT2D eigenvalue weighted by Crippen LogP contribution is 1.76. The molecule has 50 valence electrons. The summed E-state index contributed by atoms with van der Waals surface area (Å²) < 4.78 is 11.3. The predicted octanol–water partition coefficient (Wildman–Crippen LogP) is 0.554. The van der Waals surface area contributed by atoms with Crippen LogP contribution in [0, 0.1) is 0 Å². The number of halogens is 1. The molecule has 0 fully saturated rings. The molecule has 0 heterocycles. The van der Waals surface area contributed by atoms with E-state index in [2.05, 4.69) is 0 Å². The number of rotatable bonds is 3. The first-order valence-corrected chi connectivity index (χ1v) is 2.46. The average Bonchev–Trinajstić information content (AvgIpc) is 1.80. The zero-order valence-corrected chi connectivity index (χ0v) is 4.88. The summed E-state index contributed by atoms with van der Waals surface area (Å²) in [5, 5.41) is 0. The van der Waals surface area contributed by atoms with E-state index in [4.69, 9.17) is 5.73 Å². The Morgan fingerprint density at radius 2 is 2.22 bits per heavy atom. The maximum Gasteiger partial charge on any atom is 0.241 e. The molecule has 0 bridgehead atoms. The summed E-state index contributed by atoms with van der Waals surface area (Å²) >= 11 is 0. The van der Waals surface area contributed by atoms with E-state index in [-0.39, 0.29) is 0 Å². The van der Waals surface area contributed by atoms with Gasteiger partial charge in [0.1, 0.15) is 6.67 Å². The number of carbonyl (C=O) groups excluding carboxylic acids is 1. The minimum absolute atomic E-state index is 0.525. The molecule has 0 aromatic heterocycles. The van der Waals surface area contributed by atoms with Crippen molar-refractivity contribution in [3.8, 4) is 0 Å². The lowest BCUT2D eigenvalue weighted by atomic mass is 10.4. The van der Waals surface area contributed by atoms with Gasteiger partial charge in [0.25, 0.3) is 0 Å². The van der Waals surface area contributed by atoms with E-state index < -0.39 is 12.6 Å². The van der Waals surface area contributed by atoms with Crippen LogP contribution in [0.3, 0.4) is 0 Å². The number of hydrogen-bond acceptors (Lipinski definition) is 1. The van der Waals surface area contributed by atoms with Crippen LogP contribution in [0.25, 0.3) is 0 Å². The van der Waals surface area contributed by atoms with E-state index in [1.165, 1.54) is 18.2 Å². The third kappa shape index (κ3) is 6.88. The molecule has 1 amide bonds. The van der Waals surface area contributed by atoms with Gasteiger partial charge in [-0.05, 0) is 0 Å². The maximum absolute atomic E-state index is 11.3. The SMILES string of the molecule is NC(=O)/C=C/C=C/CF. The highest BCUT2D eigenvalue weighted by molar-refractivity contribution is 5.85. The van der Waals surface area contributed by atoms with Crippen LogP contribution in [0.4, 0.5) is 4.39 Å². The van der Waals surface area contributed by atoms with Crippen molar-refractivity contribution in [2.75, 3.05) is 6.67 Å². The number of amides is 1. The van der Waals surface area contributed by atoms with Crippen LogP contribution in [0.5, 0.6) is 0 Å². The van der Waals surface area contributed by atoms with Gasteiger partial charge in [-0.3, -0.25) is 4.79 Å². The Hall–Kier alpha value is -1.12. The van der Waals surface area contributed by atoms with E-state index in [1.807, 2.05) is 0 Å². The monoisotopic (exact) mass is 129 g/mol. The van der Waals surface area contributed by atoms with Crippen molar-refractivity contribution in [1.29, 1.82) is 0 Å². The van der Waals surface area contributed by atoms with Gasteiger partial charge in [0.05, 0.1) is 0 Å². The van der Waals surface area contributed by atoms with E-state index in [0.29, 0.717) is 0 Å². The third-order valence-electron chi connectivity index (χ3n) is 0.597. The zero-order chi connectivity index (χ0) is 7.11. The van der Waals surface area contributed by atoms with Gasteiger partial charge in [0.2, 0.25) is 5.91 Å². The topological polar surface area (TPSA) is 43.1 Å². The summed E-state index contributed by atoms with van der Waals surface area (Å²) in [6.45, 7) is -0.525. The molecule has 0 aliphatic rings. The molecular weight excluding hydrogens is 121 g/mol. The quantitative estimate of drug-likeness (QED) is 0.439. The standard InChI is InChI=1S/C6H8FNO/c7-5-3-1-2-4-6(8)9/h1-4H,5H2,(H2,8,9)/b3-1+,4-2+. The fourth-order valence-corrected chi connectivity index (χ4v) is 0.280. The molecule has 9 heavy (non-hydrogen) atoms. The van der Waals surface area contributed by atoms with Gasteiger partial charge in [-0.2, -0.15) is 0 Å². The highest BCUT2D eigenvalue weighted by Gasteiger charge is 1.76. The zero-order valence-electron chi connectivity index (χ0n) is 4.88. The van der Waals surface area contributed by atoms with Crippen LogP contribution >= 0.6 is 0 Å². The second-order valence-corrected chi connectivity index (χ2v) is 1.34. The average molecular weight is 129 g/mol. The molecule has 2 nitrogen and oxygen atoms in total. The van der Waals surface area contributed by atoms with Crippen molar-refractivity contribution in [2.45, 2.75) is 0 Å². The number of carbonyl (C=O) groups is 1. The molecule has 0 aliphatic heterocycles. The van der Waals surface area contributed by atoms with Crippen molar-refractivity contribution in [3.05, 3.63) is 24.3 Å². The third-order valence-corrected chi connectivity index (χ3v) is 0.597. The summed E-state index contributed by atoms with van der Waals surface area (Å²) in [6, 6.07) is 0. The number of hydrogen-bond donors (Lipinski definition) is 1. The van der Waals surface area contributed by atoms with Gasteiger partial charge in [0.15, 0.2) is 0 Å². The van der Waals surface area contributed by atoms with Crippen LogP contribution < -0.4 is 5.73 Å². The summed E-state index contributed by atoms with van der Waals surface area (Å²) in [5.41, 5.74) is 4.72. The van der Waals surface area contributed by atoms with Gasteiger partial charge >= 0.3 is 0 Å². The Balaban J connectivity index is 3.47. The van der Waals surface area contributed by atoms with Crippen LogP contribution in [-0.2, 0) is 4.79 Å². The molecule has 0 unspecified atom stereocenters. The second kappa shape index (κ2) is 5.03. The van der Waals surface area contributed by atoms with Gasteiger partial charge < -0.3 is 5.73 Å². The Kier molecular flexibility index (Phi) is 4.40. The highest BCUT2D eigenvalue weighted by atomic mass is 19.1. The van der Waals surface area contributed by atoms with Crippen molar-refractivity contribution < 1.29 is 9.18 Å². The predicted molar refractivity (Wildman–Crippen MR) is 33.4 cm³/mol. The van der Waals surface area contributed by atoms with Crippen LogP contribution in [0.15, 0.2) is 24.3 Å². The Bertz CT molecular complexity index is 140. The lowest BCUT2D eigenvalue weighted by Gasteiger charge is -1.74. The van der Waals surface area contributed by atoms with Gasteiger partial charge in [0, 0.05) is 6.08 Å². The molecular formula is C6H8FNO. The molecule has 0 rings (SSSR count). The summed E-state index contributed by atoms with van der Waals surface area (Å²) in [5.74, 6) is -0.529. The van der Waals surface area contributed by atoms with E-state index in [0.717, 1.165) is 6.08 Å². The van der Waals surface area contributed by atoms with Crippen molar-refractivity contribution >= 4 is 5.91 Å². The van der Waals surface area contributed by atoms with Gasteiger partial charge in [-0.25, -0.2) is 4.39 Å². The largest absolute Gasteiger partial charge is 0.366 e. The maximum atomic E-state index is 11.3. The Labute approximate surface area is 52.9 Å². The molecule has 3 heteroatoms. The molecule has 0 atom stereocenters. The van der Waals surface area contributed by atoms with E-state index in [9.17, 15) is 9.18 Å². The Morgan fingerprint density at radius 3 is 2.67 bits per heavy atom. The number of nitrogens with two attached hydrogens (primary N) is 1. The number of alkyl halides is 1. The van der Waals surface area contributed by atoms with Crippen LogP contribution in [0.2, 0.25) is 0 Å². The van der Waals surface area contributed by atoms with Crippen LogP contribution in [-0.4, -0.2) is 12.6 Å². The number of allylic oxidation sites excluding steroid dienone is 3. The molecule has 0 saturated carbocycles. The number of primary amides is 1. The molecule has 0 radical (unpaired) electrons. The second-order valence-electron chi connectivity index (χ2n) is 1.34. The van der Waals surface area contributed by atoms with E-state index in [1.54, 1.807) is 0 Å². The molecule has 0 saturated heterocycles. The minimum Gasteiger partial charge on any atom is -0.366 e. The first-order valence-electron chi connectivity index (χ1n) is 2.46. The van der Waals surface area contributed by atoms with Crippen molar-refractivity contribution in [2.24, 2.45) is 5.73 Å².